The fourth-order valence-electron chi connectivity index (χ4n) is 7.44. The number of benzene rings is 2. The van der Waals surface area contributed by atoms with E-state index in [1.54, 1.807) is 25.0 Å². The Balaban J connectivity index is 0.000000220. The molecule has 2 saturated heterocycles. The van der Waals surface area contributed by atoms with E-state index in [1.165, 1.54) is 0 Å². The summed E-state index contributed by atoms with van der Waals surface area (Å²) in [5.41, 5.74) is 9.20. The molecule has 6 N–H and O–H groups in total. The number of carbonyl (C=O) groups is 2. The Morgan fingerprint density at radius 2 is 1.32 bits per heavy atom. The number of ketones is 1. The number of rotatable bonds is 22. The minimum Gasteiger partial charge on any atom is -0.494 e. The third kappa shape index (κ3) is 15.5. The summed E-state index contributed by atoms with van der Waals surface area (Å²) in [5, 5.41) is 6.41. The molecule has 2 aliphatic heterocycles. The molecule has 8 rings (SSSR count). The van der Waals surface area contributed by atoms with Crippen molar-refractivity contribution in [2.45, 2.75) is 115 Å². The lowest BCUT2D eigenvalue weighted by molar-refractivity contribution is -0.144. The van der Waals surface area contributed by atoms with E-state index in [-0.39, 0.29) is 24.1 Å². The summed E-state index contributed by atoms with van der Waals surface area (Å²) in [6, 6.07) is 15.4. The van der Waals surface area contributed by atoms with Gasteiger partial charge in [-0.3, -0.25) is 14.2 Å². The van der Waals surface area contributed by atoms with Crippen LogP contribution in [-0.4, -0.2) is 83.7 Å². The molecule has 4 aromatic heterocycles. The molecule has 2 fully saturated rings. The van der Waals surface area contributed by atoms with Crippen LogP contribution in [0, 0.1) is 10.5 Å². The molecule has 2 atom stereocenters. The van der Waals surface area contributed by atoms with Crippen molar-refractivity contribution in [2.75, 3.05) is 37.1 Å². The number of imidazole rings is 2. The van der Waals surface area contributed by atoms with Crippen molar-refractivity contribution in [1.82, 2.24) is 39.5 Å². The molecule has 2 aliphatic rings. The van der Waals surface area contributed by atoms with Crippen LogP contribution >= 0.6 is 0 Å². The van der Waals surface area contributed by atoms with Gasteiger partial charge in [-0.15, -0.1) is 0 Å². The Bertz CT molecular complexity index is 2350. The predicted molar refractivity (Wildman–Crippen MR) is 247 cm³/mol. The molecule has 2 aromatic carbocycles. The Kier molecular flexibility index (Phi) is 20.0. The highest BCUT2D eigenvalue weighted by Gasteiger charge is 2.21. The number of nitrogens with two attached hydrogens (primary N) is 1. The lowest BCUT2D eigenvalue weighted by Crippen LogP contribution is -2.27. The van der Waals surface area contributed by atoms with Crippen LogP contribution in [-0.2, 0) is 23.9 Å². The minimum atomic E-state index is -0.366. The van der Waals surface area contributed by atoms with Crippen LogP contribution in [0.1, 0.15) is 109 Å². The van der Waals surface area contributed by atoms with E-state index in [0.717, 1.165) is 143 Å². The van der Waals surface area contributed by atoms with Gasteiger partial charge in [-0.1, -0.05) is 31.3 Å². The van der Waals surface area contributed by atoms with Crippen LogP contribution in [0.5, 0.6) is 11.5 Å². The fraction of sp³-hybridized carbons (Fsp3) is 0.478. The molecule has 0 saturated carbocycles. The highest BCUT2D eigenvalue weighted by atomic mass is 16.7. The number of fused-ring (bicyclic) bond motifs is 2. The second-order valence-corrected chi connectivity index (χ2v) is 15.8. The number of unbranched alkanes of at least 4 members (excludes halogenated alkanes) is 6. The summed E-state index contributed by atoms with van der Waals surface area (Å²) in [7, 11) is 0. The van der Waals surface area contributed by atoms with Crippen LogP contribution in [0.2, 0.25) is 0 Å². The number of aromatic nitrogens is 8. The van der Waals surface area contributed by atoms with Crippen LogP contribution in [0.25, 0.3) is 22.3 Å². The van der Waals surface area contributed by atoms with Crippen molar-refractivity contribution < 1.29 is 33.4 Å². The van der Waals surface area contributed by atoms with Crippen molar-refractivity contribution in [2.24, 2.45) is 5.90 Å². The van der Waals surface area contributed by atoms with Crippen LogP contribution in [0.4, 0.5) is 23.3 Å². The van der Waals surface area contributed by atoms with E-state index < -0.39 is 0 Å². The molecule has 6 aromatic rings. The summed E-state index contributed by atoms with van der Waals surface area (Å²) in [4.78, 5) is 63.8. The van der Waals surface area contributed by atoms with Gasteiger partial charge in [-0.05, 0) is 113 Å². The second kappa shape index (κ2) is 27.0. The molecule has 2 unspecified atom stereocenters. The summed E-state index contributed by atoms with van der Waals surface area (Å²) in [5.74, 6) is 7.34. The number of nitrogens with one attached hydrogen (secondary N) is 4. The molecule has 0 aliphatic carbocycles. The molecular weight excluding hydrogens is 849 g/mol. The molecule has 20 heteroatoms. The maximum Gasteiger partial charge on any atom is 0.324 e. The van der Waals surface area contributed by atoms with E-state index in [0.29, 0.717) is 43.6 Å². The van der Waals surface area contributed by atoms with E-state index >= 15 is 0 Å². The maximum atomic E-state index is 12.2. The first-order valence-corrected chi connectivity index (χ1v) is 22.7. The Morgan fingerprint density at radius 3 is 1.94 bits per heavy atom. The van der Waals surface area contributed by atoms with Gasteiger partial charge in [0, 0.05) is 37.4 Å². The standard InChI is InChI=1S/C28H37N5O4.C18H22N6O3.HNO/c34-24(25-10-4-7-17-36-25)9-3-1-2-6-16-35-22-14-12-21(13-15-22)31-28-29-19-23-27(32-28)33(20-30-23)26-11-5-8-18-37-26;19-27-16(25)5-3-1-2-4-10-26-14-8-6-13(7-9-14)23-18-20-11-15-17(24-18)22-12-21-15;1-2/h12-15,19-20,25-26H,1-11,16-18H2,(H,29,31,32);6-9,11-12H,1-5,10,19H2,(H2,20,21,22,23,24);1H. The quantitative estimate of drug-likeness (QED) is 0.0242. The maximum absolute atomic E-state index is 12.2. The van der Waals surface area contributed by atoms with Gasteiger partial charge < -0.3 is 39.4 Å². The van der Waals surface area contributed by atoms with E-state index in [4.69, 9.17) is 29.8 Å². The first-order valence-electron chi connectivity index (χ1n) is 22.7. The van der Waals surface area contributed by atoms with Crippen LogP contribution < -0.4 is 26.0 Å². The molecule has 0 spiro atoms. The van der Waals surface area contributed by atoms with Crippen molar-refractivity contribution in [1.29, 1.82) is 5.59 Å². The molecule has 0 radical (unpaired) electrons. The fourth-order valence-corrected chi connectivity index (χ4v) is 7.44. The molecule has 0 amide bonds. The lowest BCUT2D eigenvalue weighted by atomic mass is 10.0. The van der Waals surface area contributed by atoms with Gasteiger partial charge in [0.25, 0.3) is 0 Å². The summed E-state index contributed by atoms with van der Waals surface area (Å²) in [6.45, 7) is 2.80. The predicted octanol–water partition coefficient (Wildman–Crippen LogP) is 8.91. The highest BCUT2D eigenvalue weighted by molar-refractivity contribution is 5.83. The lowest BCUT2D eigenvalue weighted by Gasteiger charge is -2.23. The number of ether oxygens (including phenoxy) is 4. The molecule has 20 nitrogen and oxygen atoms in total. The summed E-state index contributed by atoms with van der Waals surface area (Å²) >= 11 is 0. The third-order valence-electron chi connectivity index (χ3n) is 11.0. The monoisotopic (exact) mass is 908 g/mol. The summed E-state index contributed by atoms with van der Waals surface area (Å²) < 4.78 is 25.1. The number of anilines is 4. The zero-order valence-corrected chi connectivity index (χ0v) is 37.2. The minimum absolute atomic E-state index is 0.0171. The van der Waals surface area contributed by atoms with Gasteiger partial charge in [-0.25, -0.2) is 19.9 Å². The van der Waals surface area contributed by atoms with Gasteiger partial charge in [-0.2, -0.15) is 20.8 Å². The average molecular weight is 909 g/mol. The zero-order valence-electron chi connectivity index (χ0n) is 37.2. The van der Waals surface area contributed by atoms with Gasteiger partial charge in [0.1, 0.15) is 34.9 Å². The van der Waals surface area contributed by atoms with Gasteiger partial charge >= 0.3 is 5.97 Å². The van der Waals surface area contributed by atoms with Crippen molar-refractivity contribution >= 4 is 57.4 Å². The largest absolute Gasteiger partial charge is 0.494 e. The molecule has 6 heterocycles. The number of aromatic amines is 1. The highest BCUT2D eigenvalue weighted by Crippen LogP contribution is 2.27. The topological polar surface area (TPSA) is 269 Å². The van der Waals surface area contributed by atoms with Crippen molar-refractivity contribution in [3.8, 4) is 11.5 Å². The van der Waals surface area contributed by atoms with Gasteiger partial charge in [0.2, 0.25) is 11.9 Å². The van der Waals surface area contributed by atoms with E-state index in [9.17, 15) is 9.59 Å². The second-order valence-electron chi connectivity index (χ2n) is 15.8. The van der Waals surface area contributed by atoms with Crippen molar-refractivity contribution in [3.63, 3.8) is 0 Å². The zero-order chi connectivity index (χ0) is 46.2. The number of hydrogen-bond acceptors (Lipinski definition) is 18. The average Bonchev–Trinajstić information content (AvgIpc) is 4.03. The number of Topliss-reactive ketones (excluding diaryl/α,β-unsaturated/α-hetero) is 1. The molecule has 0 bridgehead atoms. The molecule has 66 heavy (non-hydrogen) atoms. The number of nitrogens with zero attached hydrogens (tertiary/aromatic N) is 7. The first kappa shape index (κ1) is 48.8. The first-order chi connectivity index (χ1) is 32.5. The van der Waals surface area contributed by atoms with Gasteiger partial charge in [0.05, 0.1) is 38.3 Å². The number of H-pyrrole nitrogens is 1. The molecular formula is C46H60N12O8. The SMILES string of the molecule is N=O.NOC(=O)CCCCCCOc1ccc(Nc2ncc3[nH]cnc3n2)cc1.O=C(CCCCCCOc1ccc(Nc2ncc3ncn(C4CCCCO4)c3n2)cc1)C1CCCCO1. The Morgan fingerprint density at radius 1 is 0.712 bits per heavy atom. The smallest absolute Gasteiger partial charge is 0.324 e. The van der Waals surface area contributed by atoms with Gasteiger partial charge in [0.15, 0.2) is 17.1 Å². The number of hydrogen-bond donors (Lipinski definition) is 5. The number of carbonyl (C=O) groups excluding carboxylic acids is 2. The van der Waals surface area contributed by atoms with E-state index in [1.807, 2.05) is 53.1 Å². The Hall–Kier alpha value is -6.64. The third-order valence-corrected chi connectivity index (χ3v) is 11.0. The number of nitroso groups, excluding NO2 is 1. The normalized spacial score (nSPS) is 15.7. The Labute approximate surface area is 382 Å². The molecule has 352 valence electrons. The summed E-state index contributed by atoms with van der Waals surface area (Å²) in [6.07, 6.45) is 21.6. The van der Waals surface area contributed by atoms with E-state index in [2.05, 4.69) is 56.0 Å². The van der Waals surface area contributed by atoms with Crippen LogP contribution in [0.3, 0.4) is 0 Å². The van der Waals surface area contributed by atoms with Crippen LogP contribution in [0.15, 0.2) is 73.6 Å². The van der Waals surface area contributed by atoms with Crippen molar-refractivity contribution in [3.05, 3.63) is 78.5 Å².